The molecular formula is C21H27N3O4. The van der Waals surface area contributed by atoms with Gasteiger partial charge in [-0.3, -0.25) is 14.4 Å². The number of rotatable bonds is 5. The van der Waals surface area contributed by atoms with Crippen molar-refractivity contribution in [3.8, 4) is 0 Å². The molecule has 3 heterocycles. The van der Waals surface area contributed by atoms with Crippen molar-refractivity contribution in [3.05, 3.63) is 30.3 Å². The highest BCUT2D eigenvalue weighted by atomic mass is 16.5. The lowest BCUT2D eigenvalue weighted by Crippen LogP contribution is -2.56. The summed E-state index contributed by atoms with van der Waals surface area (Å²) in [5.41, 5.74) is 0.389. The fourth-order valence-electron chi connectivity index (χ4n) is 4.38. The van der Waals surface area contributed by atoms with E-state index in [0.717, 1.165) is 25.1 Å². The van der Waals surface area contributed by atoms with Crippen LogP contribution in [0.15, 0.2) is 30.3 Å². The molecule has 28 heavy (non-hydrogen) atoms. The van der Waals surface area contributed by atoms with Gasteiger partial charge in [0.2, 0.25) is 11.8 Å². The van der Waals surface area contributed by atoms with Gasteiger partial charge in [0, 0.05) is 38.2 Å². The quantitative estimate of drug-likeness (QED) is 0.769. The number of morpholine rings is 1. The molecule has 1 unspecified atom stereocenters. The lowest BCUT2D eigenvalue weighted by atomic mass is 10.00. The molecule has 0 bridgehead atoms. The Morgan fingerprint density at radius 2 is 1.89 bits per heavy atom. The molecule has 150 valence electrons. The highest BCUT2D eigenvalue weighted by molar-refractivity contribution is 5.95. The molecule has 4 rings (SSSR count). The number of anilines is 1. The normalized spacial score (nSPS) is 25.2. The zero-order chi connectivity index (χ0) is 19.6. The van der Waals surface area contributed by atoms with E-state index < -0.39 is 5.60 Å². The number of ether oxygens (including phenoxy) is 1. The first-order chi connectivity index (χ1) is 13.6. The summed E-state index contributed by atoms with van der Waals surface area (Å²) in [7, 11) is 0. The summed E-state index contributed by atoms with van der Waals surface area (Å²) in [5, 5.41) is 0. The summed E-state index contributed by atoms with van der Waals surface area (Å²) in [6.07, 6.45) is 3.44. The van der Waals surface area contributed by atoms with Gasteiger partial charge in [-0.25, -0.2) is 0 Å². The molecule has 0 radical (unpaired) electrons. The maximum Gasteiger partial charge on any atom is 0.253 e. The molecule has 0 aliphatic carbocycles. The van der Waals surface area contributed by atoms with E-state index in [1.165, 1.54) is 0 Å². The molecule has 0 N–H and O–H groups in total. The van der Waals surface area contributed by atoms with E-state index in [1.54, 1.807) is 4.90 Å². The molecule has 1 aromatic carbocycles. The van der Waals surface area contributed by atoms with E-state index in [2.05, 4.69) is 0 Å². The number of para-hydroxylation sites is 1. The average molecular weight is 385 g/mol. The topological polar surface area (TPSA) is 70.2 Å². The second-order valence-electron chi connectivity index (χ2n) is 7.94. The highest BCUT2D eigenvalue weighted by Crippen LogP contribution is 2.32. The maximum absolute atomic E-state index is 12.6. The molecule has 3 aliphatic rings. The van der Waals surface area contributed by atoms with Gasteiger partial charge < -0.3 is 19.4 Å². The van der Waals surface area contributed by atoms with Gasteiger partial charge in [0.1, 0.15) is 12.2 Å². The van der Waals surface area contributed by atoms with Crippen molar-refractivity contribution in [2.75, 3.05) is 44.2 Å². The Hall–Kier alpha value is -2.41. The SMILES string of the molecule is O=C1CCCN1CCCC(=O)N1CCC2(C1)CN(c1ccccc1)C(=O)CO2. The number of nitrogens with zero attached hydrogens (tertiary/aromatic N) is 3. The van der Waals surface area contributed by atoms with Crippen molar-refractivity contribution in [1.29, 1.82) is 0 Å². The second-order valence-corrected chi connectivity index (χ2v) is 7.94. The van der Waals surface area contributed by atoms with E-state index in [0.29, 0.717) is 45.4 Å². The molecular weight excluding hydrogens is 358 g/mol. The van der Waals surface area contributed by atoms with Gasteiger partial charge in [-0.05, 0) is 31.4 Å². The lowest BCUT2D eigenvalue weighted by Gasteiger charge is -2.40. The van der Waals surface area contributed by atoms with Gasteiger partial charge in [0.05, 0.1) is 13.1 Å². The molecule has 3 amide bonds. The smallest absolute Gasteiger partial charge is 0.253 e. The predicted molar refractivity (Wildman–Crippen MR) is 104 cm³/mol. The zero-order valence-corrected chi connectivity index (χ0v) is 16.1. The van der Waals surface area contributed by atoms with Gasteiger partial charge in [-0.15, -0.1) is 0 Å². The van der Waals surface area contributed by atoms with Crippen LogP contribution in [0.25, 0.3) is 0 Å². The first-order valence-electron chi connectivity index (χ1n) is 10.1. The van der Waals surface area contributed by atoms with Crippen molar-refractivity contribution in [1.82, 2.24) is 9.80 Å². The maximum atomic E-state index is 12.6. The molecule has 7 nitrogen and oxygen atoms in total. The number of carbonyl (C=O) groups excluding carboxylic acids is 3. The average Bonchev–Trinajstić information content (AvgIpc) is 3.31. The molecule has 1 spiro atoms. The summed E-state index contributed by atoms with van der Waals surface area (Å²) >= 11 is 0. The van der Waals surface area contributed by atoms with Gasteiger partial charge >= 0.3 is 0 Å². The Morgan fingerprint density at radius 3 is 2.64 bits per heavy atom. The van der Waals surface area contributed by atoms with Crippen LogP contribution in [0, 0.1) is 0 Å². The minimum Gasteiger partial charge on any atom is -0.361 e. The third-order valence-electron chi connectivity index (χ3n) is 5.98. The molecule has 0 saturated carbocycles. The Morgan fingerprint density at radius 1 is 1.07 bits per heavy atom. The van der Waals surface area contributed by atoms with Crippen LogP contribution in [0.4, 0.5) is 5.69 Å². The fourth-order valence-corrected chi connectivity index (χ4v) is 4.38. The molecule has 7 heteroatoms. The Labute approximate surface area is 165 Å². The van der Waals surface area contributed by atoms with E-state index in [4.69, 9.17) is 4.74 Å². The Balaban J connectivity index is 1.31. The van der Waals surface area contributed by atoms with E-state index in [9.17, 15) is 14.4 Å². The van der Waals surface area contributed by atoms with E-state index in [1.807, 2.05) is 40.1 Å². The Kier molecular flexibility index (Phi) is 5.35. The van der Waals surface area contributed by atoms with Crippen LogP contribution in [0.1, 0.15) is 32.1 Å². The second kappa shape index (κ2) is 7.91. The fraction of sp³-hybridized carbons (Fsp3) is 0.571. The standard InChI is InChI=1S/C21H27N3O4/c25-18-8-4-11-22(18)12-5-9-19(26)23-13-10-21(15-23)16-24(20(27)14-28-21)17-6-2-1-3-7-17/h1-3,6-7H,4-5,8-16H2. The van der Waals surface area contributed by atoms with Crippen LogP contribution in [-0.2, 0) is 19.1 Å². The number of amides is 3. The largest absolute Gasteiger partial charge is 0.361 e. The minimum atomic E-state index is -0.482. The van der Waals surface area contributed by atoms with Crippen molar-refractivity contribution in [3.63, 3.8) is 0 Å². The van der Waals surface area contributed by atoms with Crippen LogP contribution in [0.3, 0.4) is 0 Å². The lowest BCUT2D eigenvalue weighted by molar-refractivity contribution is -0.139. The first kappa shape index (κ1) is 18.9. The van der Waals surface area contributed by atoms with Crippen molar-refractivity contribution in [2.24, 2.45) is 0 Å². The summed E-state index contributed by atoms with van der Waals surface area (Å²) in [4.78, 5) is 42.1. The third-order valence-corrected chi connectivity index (χ3v) is 5.98. The zero-order valence-electron chi connectivity index (χ0n) is 16.1. The van der Waals surface area contributed by atoms with Crippen LogP contribution in [0.5, 0.6) is 0 Å². The molecule has 1 aromatic rings. The summed E-state index contributed by atoms with van der Waals surface area (Å²) in [5.74, 6) is 0.265. The molecule has 0 aromatic heterocycles. The molecule has 1 atom stereocenters. The van der Waals surface area contributed by atoms with Crippen molar-refractivity contribution >= 4 is 23.4 Å². The number of benzene rings is 1. The number of hydrogen-bond donors (Lipinski definition) is 0. The molecule has 3 saturated heterocycles. The van der Waals surface area contributed by atoms with Crippen LogP contribution in [-0.4, -0.2) is 72.5 Å². The van der Waals surface area contributed by atoms with Crippen molar-refractivity contribution in [2.45, 2.75) is 37.7 Å². The first-order valence-corrected chi connectivity index (χ1v) is 10.1. The molecule has 3 aliphatic heterocycles. The van der Waals surface area contributed by atoms with Gasteiger partial charge in [-0.1, -0.05) is 18.2 Å². The van der Waals surface area contributed by atoms with Crippen LogP contribution < -0.4 is 4.90 Å². The third kappa shape index (κ3) is 3.90. The van der Waals surface area contributed by atoms with E-state index >= 15 is 0 Å². The van der Waals surface area contributed by atoms with Crippen LogP contribution >= 0.6 is 0 Å². The van der Waals surface area contributed by atoms with Crippen molar-refractivity contribution < 1.29 is 19.1 Å². The Bertz CT molecular complexity index is 753. The van der Waals surface area contributed by atoms with Gasteiger partial charge in [0.15, 0.2) is 0 Å². The summed E-state index contributed by atoms with van der Waals surface area (Å²) in [6.45, 7) is 3.17. The number of likely N-dealkylation sites (tertiary alicyclic amines) is 2. The predicted octanol–water partition coefficient (Wildman–Crippen LogP) is 1.42. The minimum absolute atomic E-state index is 0.0446. The van der Waals surface area contributed by atoms with Crippen LogP contribution in [0.2, 0.25) is 0 Å². The number of carbonyl (C=O) groups is 3. The highest BCUT2D eigenvalue weighted by Gasteiger charge is 2.46. The number of hydrogen-bond acceptors (Lipinski definition) is 4. The summed E-state index contributed by atoms with van der Waals surface area (Å²) in [6, 6.07) is 9.61. The van der Waals surface area contributed by atoms with Gasteiger partial charge in [0.25, 0.3) is 5.91 Å². The summed E-state index contributed by atoms with van der Waals surface area (Å²) < 4.78 is 5.93. The van der Waals surface area contributed by atoms with E-state index in [-0.39, 0.29) is 24.3 Å². The monoisotopic (exact) mass is 385 g/mol. The van der Waals surface area contributed by atoms with Gasteiger partial charge in [-0.2, -0.15) is 0 Å². The molecule has 3 fully saturated rings.